The van der Waals surface area contributed by atoms with Crippen LogP contribution in [0.15, 0.2) is 12.1 Å². The molecule has 1 amide bonds. The molecule has 0 spiro atoms. The fourth-order valence-corrected chi connectivity index (χ4v) is 2.34. The summed E-state index contributed by atoms with van der Waals surface area (Å²) in [5.41, 5.74) is 9.97. The Bertz CT molecular complexity index is 438. The number of nitrogen functional groups attached to an aromatic ring is 1. The number of benzene rings is 1. The number of nitrogens with two attached hydrogens (primary N) is 1. The second-order valence-electron chi connectivity index (χ2n) is 4.74. The summed E-state index contributed by atoms with van der Waals surface area (Å²) in [6, 6.07) is 3.92. The van der Waals surface area contributed by atoms with Crippen LogP contribution in [0.1, 0.15) is 25.0 Å². The van der Waals surface area contributed by atoms with Crippen molar-refractivity contribution in [2.24, 2.45) is 5.92 Å². The first-order valence-electron chi connectivity index (χ1n) is 5.71. The van der Waals surface area contributed by atoms with Crippen molar-refractivity contribution in [3.05, 3.63) is 23.3 Å². The molecule has 0 fully saturated rings. The van der Waals surface area contributed by atoms with Crippen LogP contribution in [0.5, 0.6) is 0 Å². The molecule has 2 rings (SSSR count). The van der Waals surface area contributed by atoms with Crippen molar-refractivity contribution in [2.75, 3.05) is 17.2 Å². The van der Waals surface area contributed by atoms with Gasteiger partial charge in [0.2, 0.25) is 5.91 Å². The van der Waals surface area contributed by atoms with E-state index in [9.17, 15) is 4.79 Å². The molecule has 1 aromatic rings. The maximum absolute atomic E-state index is 12.0. The summed E-state index contributed by atoms with van der Waals surface area (Å²) in [4.78, 5) is 13.9. The number of carbonyl (C=O) groups is 1. The van der Waals surface area contributed by atoms with Crippen LogP contribution < -0.4 is 10.6 Å². The van der Waals surface area contributed by atoms with Crippen LogP contribution in [-0.2, 0) is 11.2 Å². The molecular weight excluding hydrogens is 200 g/mol. The molecule has 0 radical (unpaired) electrons. The quantitative estimate of drug-likeness (QED) is 0.734. The SMILES string of the molecule is Cc1cc(N)cc2c1N(C(=O)C(C)C)CC2. The fraction of sp³-hybridized carbons (Fsp3) is 0.462. The van der Waals surface area contributed by atoms with Crippen molar-refractivity contribution in [3.8, 4) is 0 Å². The molecule has 3 nitrogen and oxygen atoms in total. The highest BCUT2D eigenvalue weighted by molar-refractivity contribution is 5.97. The lowest BCUT2D eigenvalue weighted by atomic mass is 10.1. The normalized spacial score (nSPS) is 14.4. The molecule has 16 heavy (non-hydrogen) atoms. The van der Waals surface area contributed by atoms with E-state index in [2.05, 4.69) is 0 Å². The van der Waals surface area contributed by atoms with Gasteiger partial charge in [-0.3, -0.25) is 4.79 Å². The Morgan fingerprint density at radius 3 is 2.75 bits per heavy atom. The highest BCUT2D eigenvalue weighted by atomic mass is 16.2. The largest absolute Gasteiger partial charge is 0.399 e. The van der Waals surface area contributed by atoms with Gasteiger partial charge in [-0.2, -0.15) is 0 Å². The Balaban J connectivity index is 2.43. The number of rotatable bonds is 1. The fourth-order valence-electron chi connectivity index (χ4n) is 2.34. The monoisotopic (exact) mass is 218 g/mol. The summed E-state index contributed by atoms with van der Waals surface area (Å²) >= 11 is 0. The minimum Gasteiger partial charge on any atom is -0.399 e. The lowest BCUT2D eigenvalue weighted by Crippen LogP contribution is -2.32. The molecule has 0 aromatic heterocycles. The number of hydrogen-bond donors (Lipinski definition) is 1. The van der Waals surface area contributed by atoms with Gasteiger partial charge in [-0.05, 0) is 36.6 Å². The average Bonchev–Trinajstić information content (AvgIpc) is 2.59. The Labute approximate surface area is 96.2 Å². The van der Waals surface area contributed by atoms with Gasteiger partial charge >= 0.3 is 0 Å². The molecule has 0 unspecified atom stereocenters. The summed E-state index contributed by atoms with van der Waals surface area (Å²) in [6.07, 6.45) is 0.916. The molecule has 1 aliphatic rings. The van der Waals surface area contributed by atoms with Gasteiger partial charge in [0.1, 0.15) is 0 Å². The number of aryl methyl sites for hydroxylation is 1. The van der Waals surface area contributed by atoms with E-state index in [1.54, 1.807) is 0 Å². The number of hydrogen-bond acceptors (Lipinski definition) is 2. The van der Waals surface area contributed by atoms with Gasteiger partial charge in [0.25, 0.3) is 0 Å². The van der Waals surface area contributed by atoms with Crippen LogP contribution in [0.4, 0.5) is 11.4 Å². The maximum Gasteiger partial charge on any atom is 0.229 e. The van der Waals surface area contributed by atoms with E-state index < -0.39 is 0 Å². The van der Waals surface area contributed by atoms with E-state index in [1.807, 2.05) is 37.8 Å². The van der Waals surface area contributed by atoms with Gasteiger partial charge in [-0.1, -0.05) is 13.8 Å². The van der Waals surface area contributed by atoms with Gasteiger partial charge in [0.05, 0.1) is 0 Å². The van der Waals surface area contributed by atoms with Crippen LogP contribution in [-0.4, -0.2) is 12.5 Å². The molecule has 3 heteroatoms. The second kappa shape index (κ2) is 3.81. The molecule has 2 N–H and O–H groups in total. The number of nitrogens with zero attached hydrogens (tertiary/aromatic N) is 1. The number of fused-ring (bicyclic) bond motifs is 1. The Hall–Kier alpha value is -1.51. The minimum absolute atomic E-state index is 0.0444. The zero-order valence-corrected chi connectivity index (χ0v) is 10.1. The van der Waals surface area contributed by atoms with Crippen LogP contribution in [0, 0.1) is 12.8 Å². The molecule has 0 bridgehead atoms. The number of anilines is 2. The molecule has 0 atom stereocenters. The van der Waals surface area contributed by atoms with Gasteiger partial charge in [-0.25, -0.2) is 0 Å². The van der Waals surface area contributed by atoms with E-state index in [-0.39, 0.29) is 11.8 Å². The number of amides is 1. The number of carbonyl (C=O) groups excluding carboxylic acids is 1. The van der Waals surface area contributed by atoms with Crippen molar-refractivity contribution in [3.63, 3.8) is 0 Å². The van der Waals surface area contributed by atoms with Crippen LogP contribution in [0.25, 0.3) is 0 Å². The third kappa shape index (κ3) is 1.66. The zero-order valence-electron chi connectivity index (χ0n) is 10.1. The Kier molecular flexibility index (Phi) is 2.62. The highest BCUT2D eigenvalue weighted by Gasteiger charge is 2.27. The summed E-state index contributed by atoms with van der Waals surface area (Å²) in [5, 5.41) is 0. The van der Waals surface area contributed by atoms with Crippen molar-refractivity contribution < 1.29 is 4.79 Å². The zero-order chi connectivity index (χ0) is 11.9. The topological polar surface area (TPSA) is 46.3 Å². The average molecular weight is 218 g/mol. The van der Waals surface area contributed by atoms with Gasteiger partial charge < -0.3 is 10.6 Å². The first-order valence-corrected chi connectivity index (χ1v) is 5.71. The van der Waals surface area contributed by atoms with Crippen LogP contribution in [0.2, 0.25) is 0 Å². The van der Waals surface area contributed by atoms with Crippen LogP contribution in [0.3, 0.4) is 0 Å². The smallest absolute Gasteiger partial charge is 0.229 e. The van der Waals surface area contributed by atoms with Crippen molar-refractivity contribution in [1.82, 2.24) is 0 Å². The third-order valence-corrected chi connectivity index (χ3v) is 3.04. The molecular formula is C13H18N2O. The molecule has 0 saturated carbocycles. The maximum atomic E-state index is 12.0. The highest BCUT2D eigenvalue weighted by Crippen LogP contribution is 2.34. The standard InChI is InChI=1S/C13H18N2O/c1-8(2)13(16)15-5-4-10-7-11(14)6-9(3)12(10)15/h6-8H,4-5,14H2,1-3H3. The van der Waals surface area contributed by atoms with Crippen molar-refractivity contribution in [2.45, 2.75) is 27.2 Å². The summed E-state index contributed by atoms with van der Waals surface area (Å²) < 4.78 is 0. The summed E-state index contributed by atoms with van der Waals surface area (Å²) in [5.74, 6) is 0.245. The molecule has 1 aliphatic heterocycles. The van der Waals surface area contributed by atoms with E-state index >= 15 is 0 Å². The Morgan fingerprint density at radius 1 is 1.44 bits per heavy atom. The van der Waals surface area contributed by atoms with E-state index in [0.717, 1.165) is 29.9 Å². The summed E-state index contributed by atoms with van der Waals surface area (Å²) in [6.45, 7) is 6.68. The van der Waals surface area contributed by atoms with Gasteiger partial charge in [-0.15, -0.1) is 0 Å². The predicted octanol–water partition coefficient (Wildman–Crippen LogP) is 2.12. The molecule has 86 valence electrons. The van der Waals surface area contributed by atoms with Crippen LogP contribution >= 0.6 is 0 Å². The first-order chi connectivity index (χ1) is 7.50. The molecule has 0 aliphatic carbocycles. The molecule has 1 aromatic carbocycles. The van der Waals surface area contributed by atoms with E-state index in [0.29, 0.717) is 0 Å². The van der Waals surface area contributed by atoms with E-state index in [4.69, 9.17) is 5.73 Å². The lowest BCUT2D eigenvalue weighted by Gasteiger charge is -2.21. The predicted molar refractivity (Wildman–Crippen MR) is 66.5 cm³/mol. The molecule has 1 heterocycles. The van der Waals surface area contributed by atoms with Crippen molar-refractivity contribution in [1.29, 1.82) is 0 Å². The van der Waals surface area contributed by atoms with Gasteiger partial charge in [0, 0.05) is 23.8 Å². The minimum atomic E-state index is 0.0444. The first kappa shape index (κ1) is 11.0. The van der Waals surface area contributed by atoms with Gasteiger partial charge in [0.15, 0.2) is 0 Å². The third-order valence-electron chi connectivity index (χ3n) is 3.04. The second-order valence-corrected chi connectivity index (χ2v) is 4.74. The van der Waals surface area contributed by atoms with E-state index in [1.165, 1.54) is 5.56 Å². The van der Waals surface area contributed by atoms with Crippen molar-refractivity contribution >= 4 is 17.3 Å². The lowest BCUT2D eigenvalue weighted by molar-refractivity contribution is -0.121. The molecule has 0 saturated heterocycles. The Morgan fingerprint density at radius 2 is 2.12 bits per heavy atom. The summed E-state index contributed by atoms with van der Waals surface area (Å²) in [7, 11) is 0.